The number of rotatable bonds is 4. The van der Waals surface area contributed by atoms with E-state index in [9.17, 15) is 18.0 Å². The van der Waals surface area contributed by atoms with Crippen molar-refractivity contribution in [1.29, 1.82) is 0 Å². The molecule has 0 fully saturated rings. The second kappa shape index (κ2) is 6.09. The van der Waals surface area contributed by atoms with Gasteiger partial charge in [0, 0.05) is 19.0 Å². The average Bonchev–Trinajstić information content (AvgIpc) is 2.94. The van der Waals surface area contributed by atoms with Gasteiger partial charge in [0.1, 0.15) is 12.3 Å². The van der Waals surface area contributed by atoms with Gasteiger partial charge in [-0.15, -0.1) is 0 Å². The van der Waals surface area contributed by atoms with E-state index in [4.69, 9.17) is 0 Å². The minimum Gasteiger partial charge on any atom is -0.326 e. The summed E-state index contributed by atoms with van der Waals surface area (Å²) in [5.41, 5.74) is 1.86. The lowest BCUT2D eigenvalue weighted by molar-refractivity contribution is -0.114. The third-order valence-electron chi connectivity index (χ3n) is 3.85. The van der Waals surface area contributed by atoms with E-state index in [1.54, 1.807) is 12.1 Å². The molecule has 1 atom stereocenters. The number of hydrogen-bond acceptors (Lipinski definition) is 4. The van der Waals surface area contributed by atoms with E-state index in [1.165, 1.54) is 35.5 Å². The van der Waals surface area contributed by atoms with Crippen LogP contribution in [-0.2, 0) is 26.0 Å². The zero-order valence-electron chi connectivity index (χ0n) is 13.0. The Morgan fingerprint density at radius 1 is 1.17 bits per heavy atom. The first-order chi connectivity index (χ1) is 11.4. The van der Waals surface area contributed by atoms with Crippen molar-refractivity contribution in [2.24, 2.45) is 0 Å². The van der Waals surface area contributed by atoms with Crippen LogP contribution in [0.2, 0.25) is 0 Å². The van der Waals surface area contributed by atoms with E-state index in [-0.39, 0.29) is 10.8 Å². The maximum Gasteiger partial charge on any atom is 0.264 e. The molecule has 0 spiro atoms. The van der Waals surface area contributed by atoms with Gasteiger partial charge in [0.2, 0.25) is 5.91 Å². The fraction of sp³-hybridized carbons (Fsp3) is 0.176. The summed E-state index contributed by atoms with van der Waals surface area (Å²) in [5, 5.41) is 2.59. The zero-order chi connectivity index (χ0) is 17.3. The van der Waals surface area contributed by atoms with Crippen LogP contribution in [0, 0.1) is 0 Å². The lowest BCUT2D eigenvalue weighted by Crippen LogP contribution is -2.38. The molecule has 6 nitrogen and oxygen atoms in total. The molecule has 0 radical (unpaired) electrons. The highest BCUT2D eigenvalue weighted by molar-refractivity contribution is 7.93. The molecule has 3 rings (SSSR count). The quantitative estimate of drug-likeness (QED) is 0.860. The van der Waals surface area contributed by atoms with Gasteiger partial charge in [-0.3, -0.25) is 9.10 Å². The minimum absolute atomic E-state index is 0.0696. The number of hydrogen-bond donors (Lipinski definition) is 1. The molecule has 2 aromatic rings. The molecule has 24 heavy (non-hydrogen) atoms. The van der Waals surface area contributed by atoms with Crippen molar-refractivity contribution in [3.63, 3.8) is 0 Å². The van der Waals surface area contributed by atoms with Gasteiger partial charge in [0.15, 0.2) is 0 Å². The SMILES string of the molecule is CC(=O)Nc1ccc(S(=O)(=O)N2c3ccccc3C[C@H]2C=O)cc1. The van der Waals surface area contributed by atoms with Crippen LogP contribution in [0.15, 0.2) is 53.4 Å². The molecule has 2 aromatic carbocycles. The van der Waals surface area contributed by atoms with Crippen molar-refractivity contribution in [3.05, 3.63) is 54.1 Å². The van der Waals surface area contributed by atoms with Gasteiger partial charge in [-0.25, -0.2) is 8.42 Å². The molecule has 0 saturated carbocycles. The van der Waals surface area contributed by atoms with Gasteiger partial charge in [0.05, 0.1) is 10.6 Å². The molecule has 1 N–H and O–H groups in total. The summed E-state index contributed by atoms with van der Waals surface area (Å²) in [6, 6.07) is 12.2. The second-order valence-corrected chi connectivity index (χ2v) is 7.36. The molecule has 0 aromatic heterocycles. The molecule has 0 saturated heterocycles. The number of amides is 1. The van der Waals surface area contributed by atoms with E-state index in [0.29, 0.717) is 24.1 Å². The summed E-state index contributed by atoms with van der Waals surface area (Å²) in [7, 11) is -3.87. The first-order valence-electron chi connectivity index (χ1n) is 7.39. The van der Waals surface area contributed by atoms with Gasteiger partial charge < -0.3 is 10.1 Å². The summed E-state index contributed by atoms with van der Waals surface area (Å²) >= 11 is 0. The highest BCUT2D eigenvalue weighted by Gasteiger charge is 2.38. The number of carbonyl (C=O) groups is 2. The van der Waals surface area contributed by atoms with Crippen LogP contribution >= 0.6 is 0 Å². The first kappa shape index (κ1) is 16.2. The third-order valence-corrected chi connectivity index (χ3v) is 5.70. The number of para-hydroxylation sites is 1. The van der Waals surface area contributed by atoms with Gasteiger partial charge in [-0.2, -0.15) is 0 Å². The van der Waals surface area contributed by atoms with E-state index in [2.05, 4.69) is 5.32 Å². The molecule has 0 aliphatic carbocycles. The van der Waals surface area contributed by atoms with Crippen molar-refractivity contribution >= 4 is 33.6 Å². The topological polar surface area (TPSA) is 83.6 Å². The van der Waals surface area contributed by atoms with Crippen molar-refractivity contribution in [2.75, 3.05) is 9.62 Å². The average molecular weight is 344 g/mol. The van der Waals surface area contributed by atoms with Crippen LogP contribution < -0.4 is 9.62 Å². The summed E-state index contributed by atoms with van der Waals surface area (Å²) in [4.78, 5) is 22.5. The Bertz CT molecular complexity index is 891. The van der Waals surface area contributed by atoms with Crippen LogP contribution in [0.3, 0.4) is 0 Å². The van der Waals surface area contributed by atoms with E-state index >= 15 is 0 Å². The number of sulfonamides is 1. The van der Waals surface area contributed by atoms with Crippen LogP contribution in [0.5, 0.6) is 0 Å². The molecule has 1 aliphatic rings. The molecule has 1 heterocycles. The number of anilines is 2. The molecule has 1 aliphatic heterocycles. The summed E-state index contributed by atoms with van der Waals surface area (Å²) in [6.07, 6.45) is 1.02. The Hall–Kier alpha value is -2.67. The molecule has 1 amide bonds. The highest BCUT2D eigenvalue weighted by Crippen LogP contribution is 2.36. The molecule has 7 heteroatoms. The largest absolute Gasteiger partial charge is 0.326 e. The Morgan fingerprint density at radius 2 is 1.83 bits per heavy atom. The van der Waals surface area contributed by atoms with Gasteiger partial charge in [-0.05, 0) is 35.9 Å². The maximum atomic E-state index is 13.0. The van der Waals surface area contributed by atoms with Crippen LogP contribution in [0.4, 0.5) is 11.4 Å². The van der Waals surface area contributed by atoms with E-state index in [1.807, 2.05) is 12.1 Å². The van der Waals surface area contributed by atoms with Gasteiger partial charge in [-0.1, -0.05) is 18.2 Å². The third kappa shape index (κ3) is 2.78. The number of benzene rings is 2. The van der Waals surface area contributed by atoms with Crippen LogP contribution in [-0.4, -0.2) is 26.7 Å². The zero-order valence-corrected chi connectivity index (χ0v) is 13.8. The highest BCUT2D eigenvalue weighted by atomic mass is 32.2. The number of fused-ring (bicyclic) bond motifs is 1. The smallest absolute Gasteiger partial charge is 0.264 e. The first-order valence-corrected chi connectivity index (χ1v) is 8.83. The number of carbonyl (C=O) groups excluding carboxylic acids is 2. The summed E-state index contributed by atoms with van der Waals surface area (Å²) in [5.74, 6) is -0.236. The molecule has 0 bridgehead atoms. The fourth-order valence-corrected chi connectivity index (χ4v) is 4.45. The molecule has 124 valence electrons. The number of nitrogens with one attached hydrogen (secondary N) is 1. The molecule has 0 unspecified atom stereocenters. The van der Waals surface area contributed by atoms with Crippen LogP contribution in [0.1, 0.15) is 12.5 Å². The van der Waals surface area contributed by atoms with Gasteiger partial charge in [0.25, 0.3) is 10.0 Å². The standard InChI is InChI=1S/C17H16N2O4S/c1-12(21)18-14-6-8-16(9-7-14)24(22,23)19-15(11-20)10-13-4-2-3-5-17(13)19/h2-9,11,15H,10H2,1H3,(H,18,21)/t15-/m0/s1. The Kier molecular flexibility index (Phi) is 4.11. The summed E-state index contributed by atoms with van der Waals surface area (Å²) in [6.45, 7) is 1.38. The van der Waals surface area contributed by atoms with Crippen LogP contribution in [0.25, 0.3) is 0 Å². The number of nitrogens with zero attached hydrogens (tertiary/aromatic N) is 1. The lowest BCUT2D eigenvalue weighted by Gasteiger charge is -2.23. The number of aldehydes is 1. The van der Waals surface area contributed by atoms with E-state index < -0.39 is 16.1 Å². The Balaban J connectivity index is 2.00. The molecular weight excluding hydrogens is 328 g/mol. The predicted octanol–water partition coefficient (Wildman–Crippen LogP) is 1.96. The fourth-order valence-electron chi connectivity index (χ4n) is 2.82. The second-order valence-electron chi connectivity index (χ2n) is 5.54. The Labute approximate surface area is 140 Å². The van der Waals surface area contributed by atoms with E-state index in [0.717, 1.165) is 5.56 Å². The molecular formula is C17H16N2O4S. The maximum absolute atomic E-state index is 13.0. The van der Waals surface area contributed by atoms with Crippen molar-refractivity contribution < 1.29 is 18.0 Å². The van der Waals surface area contributed by atoms with Crippen molar-refractivity contribution in [1.82, 2.24) is 0 Å². The minimum atomic E-state index is -3.87. The van der Waals surface area contributed by atoms with Gasteiger partial charge >= 0.3 is 0 Å². The normalized spacial score (nSPS) is 16.5. The predicted molar refractivity (Wildman–Crippen MR) is 90.4 cm³/mol. The lowest BCUT2D eigenvalue weighted by atomic mass is 10.1. The van der Waals surface area contributed by atoms with Crippen molar-refractivity contribution in [3.8, 4) is 0 Å². The Morgan fingerprint density at radius 3 is 2.46 bits per heavy atom. The monoisotopic (exact) mass is 344 g/mol. The summed E-state index contributed by atoms with van der Waals surface area (Å²) < 4.78 is 27.1. The van der Waals surface area contributed by atoms with Crippen molar-refractivity contribution in [2.45, 2.75) is 24.3 Å².